The normalized spacial score (nSPS) is 10.8. The molecule has 0 saturated heterocycles. The molecular weight excluding hydrogens is 374 g/mol. The van der Waals surface area contributed by atoms with Crippen molar-refractivity contribution in [2.45, 2.75) is 32.6 Å². The van der Waals surface area contributed by atoms with E-state index in [2.05, 4.69) is 22.1 Å². The zero-order valence-electron chi connectivity index (χ0n) is 14.3. The topological polar surface area (TPSA) is 174 Å². The van der Waals surface area contributed by atoms with Gasteiger partial charge in [-0.2, -0.15) is 5.26 Å². The van der Waals surface area contributed by atoms with Gasteiger partial charge in [0.25, 0.3) is 5.69 Å². The number of benzene rings is 1. The van der Waals surface area contributed by atoms with Crippen molar-refractivity contribution in [1.82, 2.24) is 4.98 Å². The largest absolute Gasteiger partial charge is 0.375 e. The highest BCUT2D eigenvalue weighted by atomic mass is 32.1. The van der Waals surface area contributed by atoms with Crippen LogP contribution in [-0.4, -0.2) is 14.8 Å². The van der Waals surface area contributed by atoms with Crippen molar-refractivity contribution in [3.05, 3.63) is 43.6 Å². The van der Waals surface area contributed by atoms with Crippen molar-refractivity contribution in [2.24, 2.45) is 10.2 Å². The summed E-state index contributed by atoms with van der Waals surface area (Å²) in [6.45, 7) is 2.06. The van der Waals surface area contributed by atoms with Crippen molar-refractivity contribution >= 4 is 38.5 Å². The minimum atomic E-state index is -0.842. The predicted octanol–water partition coefficient (Wildman–Crippen LogP) is 4.56. The molecule has 1 aromatic carbocycles. The van der Waals surface area contributed by atoms with Crippen LogP contribution in [0.4, 0.5) is 27.2 Å². The van der Waals surface area contributed by atoms with Crippen LogP contribution in [0.2, 0.25) is 0 Å². The van der Waals surface area contributed by atoms with E-state index >= 15 is 0 Å². The summed E-state index contributed by atoms with van der Waals surface area (Å²) >= 11 is 1.07. The van der Waals surface area contributed by atoms with Gasteiger partial charge in [0.05, 0.1) is 27.2 Å². The molecule has 0 spiro atoms. The molecule has 12 heteroatoms. The Morgan fingerprint density at radius 3 is 2.59 bits per heavy atom. The number of aryl methyl sites for hydroxylation is 1. The maximum Gasteiger partial charge on any atom is 0.304 e. The number of nitrogen functional groups attached to an aromatic ring is 1. The van der Waals surface area contributed by atoms with Gasteiger partial charge in [0.15, 0.2) is 15.8 Å². The minimum Gasteiger partial charge on any atom is -0.375 e. The number of nitro groups is 2. The van der Waals surface area contributed by atoms with Crippen LogP contribution in [0.5, 0.6) is 0 Å². The Morgan fingerprint density at radius 2 is 2.00 bits per heavy atom. The van der Waals surface area contributed by atoms with Crippen LogP contribution in [0.1, 0.15) is 37.4 Å². The van der Waals surface area contributed by atoms with Gasteiger partial charge in [-0.1, -0.05) is 31.1 Å². The standard InChI is InChI=1S/C15H15N7O4S/c1-2-3-4-5-11-14(27-15(17)18-11)20-19-13-9(8-16)6-10(21(23)24)7-12(13)22(25)26/h6-7H,2-5H2,1H3,(H2,17,18)/b20-19+. The predicted molar refractivity (Wildman–Crippen MR) is 98.4 cm³/mol. The molecule has 2 N–H and O–H groups in total. The Labute approximate surface area is 157 Å². The Kier molecular flexibility index (Phi) is 6.45. The van der Waals surface area contributed by atoms with Crippen LogP contribution in [0, 0.1) is 31.6 Å². The van der Waals surface area contributed by atoms with E-state index in [1.165, 1.54) is 0 Å². The number of thiazole rings is 1. The van der Waals surface area contributed by atoms with E-state index in [1.807, 2.05) is 0 Å². The summed E-state index contributed by atoms with van der Waals surface area (Å²) in [5.74, 6) is 0. The summed E-state index contributed by atoms with van der Waals surface area (Å²) in [6, 6.07) is 3.35. The van der Waals surface area contributed by atoms with E-state index in [0.29, 0.717) is 17.1 Å². The number of unbranched alkanes of at least 4 members (excludes halogenated alkanes) is 2. The first-order chi connectivity index (χ1) is 12.9. The summed E-state index contributed by atoms with van der Waals surface area (Å²) in [4.78, 5) is 24.7. The molecule has 0 unspecified atom stereocenters. The highest BCUT2D eigenvalue weighted by Crippen LogP contribution is 2.38. The number of aromatic nitrogens is 1. The number of nitro benzene ring substituents is 2. The third-order valence-corrected chi connectivity index (χ3v) is 4.36. The molecule has 0 aliphatic carbocycles. The number of azo groups is 1. The van der Waals surface area contributed by atoms with Gasteiger partial charge in [-0.05, 0) is 12.8 Å². The third kappa shape index (κ3) is 4.79. The first-order valence-corrected chi connectivity index (χ1v) is 8.72. The average molecular weight is 389 g/mol. The summed E-state index contributed by atoms with van der Waals surface area (Å²) in [7, 11) is 0. The van der Waals surface area contributed by atoms with E-state index in [9.17, 15) is 25.5 Å². The smallest absolute Gasteiger partial charge is 0.304 e. The van der Waals surface area contributed by atoms with Gasteiger partial charge in [-0.3, -0.25) is 20.2 Å². The number of anilines is 1. The highest BCUT2D eigenvalue weighted by Gasteiger charge is 2.24. The SMILES string of the molecule is CCCCCc1nc(N)sc1/N=N/c1c(C#N)cc([N+](=O)[O-])cc1[N+](=O)[O-]. The highest BCUT2D eigenvalue weighted by molar-refractivity contribution is 7.19. The van der Waals surface area contributed by atoms with E-state index < -0.39 is 21.2 Å². The van der Waals surface area contributed by atoms with E-state index in [1.54, 1.807) is 6.07 Å². The second kappa shape index (κ2) is 8.77. The molecule has 0 bridgehead atoms. The molecule has 0 atom stereocenters. The van der Waals surface area contributed by atoms with Crippen molar-refractivity contribution in [2.75, 3.05) is 5.73 Å². The average Bonchev–Trinajstić information content (AvgIpc) is 2.98. The van der Waals surface area contributed by atoms with Gasteiger partial charge >= 0.3 is 5.69 Å². The Hall–Kier alpha value is -3.46. The maximum absolute atomic E-state index is 11.3. The molecule has 0 fully saturated rings. The van der Waals surface area contributed by atoms with Crippen LogP contribution in [0.3, 0.4) is 0 Å². The number of hydrogen-bond acceptors (Lipinski definition) is 10. The fourth-order valence-corrected chi connectivity index (χ4v) is 2.98. The molecule has 0 aliphatic rings. The van der Waals surface area contributed by atoms with E-state index in [0.717, 1.165) is 42.7 Å². The zero-order valence-corrected chi connectivity index (χ0v) is 15.1. The van der Waals surface area contributed by atoms with Crippen molar-refractivity contribution in [3.8, 4) is 6.07 Å². The van der Waals surface area contributed by atoms with Crippen molar-refractivity contribution in [1.29, 1.82) is 5.26 Å². The van der Waals surface area contributed by atoms with Crippen LogP contribution >= 0.6 is 11.3 Å². The first kappa shape index (κ1) is 19.9. The monoisotopic (exact) mass is 389 g/mol. The molecule has 1 heterocycles. The lowest BCUT2D eigenvalue weighted by molar-refractivity contribution is -0.393. The molecule has 27 heavy (non-hydrogen) atoms. The number of nitriles is 1. The minimum absolute atomic E-state index is 0.286. The van der Waals surface area contributed by atoms with E-state index in [4.69, 9.17) is 5.73 Å². The van der Waals surface area contributed by atoms with E-state index in [-0.39, 0.29) is 16.4 Å². The summed E-state index contributed by atoms with van der Waals surface area (Å²) in [5.41, 5.74) is 4.43. The number of non-ortho nitro benzene ring substituents is 1. The molecule has 2 aromatic rings. The molecule has 0 saturated carbocycles. The first-order valence-electron chi connectivity index (χ1n) is 7.91. The second-order valence-electron chi connectivity index (χ2n) is 5.45. The van der Waals surface area contributed by atoms with Gasteiger partial charge in [-0.25, -0.2) is 4.98 Å². The number of nitrogens with two attached hydrogens (primary N) is 1. The molecule has 11 nitrogen and oxygen atoms in total. The Balaban J connectivity index is 2.46. The molecule has 2 rings (SSSR count). The van der Waals surface area contributed by atoms with Crippen LogP contribution < -0.4 is 5.73 Å². The molecule has 0 radical (unpaired) electrons. The van der Waals surface area contributed by atoms with Crippen LogP contribution in [-0.2, 0) is 6.42 Å². The van der Waals surface area contributed by atoms with Crippen LogP contribution in [0.15, 0.2) is 22.4 Å². The molecule has 1 aromatic heterocycles. The number of nitrogens with zero attached hydrogens (tertiary/aromatic N) is 6. The maximum atomic E-state index is 11.3. The van der Waals surface area contributed by atoms with Crippen LogP contribution in [0.25, 0.3) is 0 Å². The Morgan fingerprint density at radius 1 is 1.26 bits per heavy atom. The Bertz CT molecular complexity index is 948. The third-order valence-electron chi connectivity index (χ3n) is 3.55. The van der Waals surface area contributed by atoms with Gasteiger partial charge < -0.3 is 5.73 Å². The zero-order chi connectivity index (χ0) is 20.0. The summed E-state index contributed by atoms with van der Waals surface area (Å²) in [6.07, 6.45) is 3.53. The fraction of sp³-hybridized carbons (Fsp3) is 0.333. The summed E-state index contributed by atoms with van der Waals surface area (Å²) < 4.78 is 0. The lowest BCUT2D eigenvalue weighted by Crippen LogP contribution is -1.95. The van der Waals surface area contributed by atoms with Gasteiger partial charge in [0.1, 0.15) is 6.07 Å². The van der Waals surface area contributed by atoms with Gasteiger partial charge in [0.2, 0.25) is 0 Å². The summed E-state index contributed by atoms with van der Waals surface area (Å²) in [5, 5.41) is 39.9. The molecule has 0 aliphatic heterocycles. The fourth-order valence-electron chi connectivity index (χ4n) is 2.28. The van der Waals surface area contributed by atoms with Crippen molar-refractivity contribution in [3.63, 3.8) is 0 Å². The molecule has 140 valence electrons. The van der Waals surface area contributed by atoms with Gasteiger partial charge in [0, 0.05) is 6.07 Å². The lowest BCUT2D eigenvalue weighted by Gasteiger charge is -2.00. The molecular formula is C15H15N7O4S. The van der Waals surface area contributed by atoms with Crippen molar-refractivity contribution < 1.29 is 9.85 Å². The quantitative estimate of drug-likeness (QED) is 0.298. The van der Waals surface area contributed by atoms with Gasteiger partial charge in [-0.15, -0.1) is 10.2 Å². The molecule has 0 amide bonds. The second-order valence-corrected chi connectivity index (χ2v) is 6.46. The number of hydrogen-bond donors (Lipinski definition) is 1. The lowest BCUT2D eigenvalue weighted by atomic mass is 10.1. The number of rotatable bonds is 8.